The molecule has 138 valence electrons. The number of hydrogen-bond acceptors (Lipinski definition) is 3. The van der Waals surface area contributed by atoms with Crippen molar-refractivity contribution in [1.29, 1.82) is 0 Å². The molecule has 1 N–H and O–H groups in total. The molecule has 1 atom stereocenters. The van der Waals surface area contributed by atoms with Crippen LogP contribution in [0.2, 0.25) is 5.02 Å². The standard InChI is InChI=1S/C18H16ClF3N2O2/c1-10-9-24(2)14-8-11(6-7-15(14)26-10)23-17(25)16-12(18(20,21)22)4-3-5-13(16)19/h3-8,10H,9H2,1-2H3,(H,23,25)/t10-/m0/s1. The smallest absolute Gasteiger partial charge is 0.417 e. The number of carbonyl (C=O) groups excluding carboxylic acids is 1. The van der Waals surface area contributed by atoms with E-state index in [1.165, 1.54) is 6.07 Å². The topological polar surface area (TPSA) is 41.6 Å². The molecule has 0 radical (unpaired) electrons. The third-order valence-electron chi connectivity index (χ3n) is 4.03. The van der Waals surface area contributed by atoms with E-state index in [1.54, 1.807) is 18.2 Å². The van der Waals surface area contributed by atoms with Gasteiger partial charge in [0.05, 0.1) is 28.4 Å². The number of nitrogens with one attached hydrogen (secondary N) is 1. The number of fused-ring (bicyclic) bond motifs is 1. The van der Waals surface area contributed by atoms with E-state index >= 15 is 0 Å². The summed E-state index contributed by atoms with van der Waals surface area (Å²) in [5, 5.41) is 2.23. The van der Waals surface area contributed by atoms with Crippen molar-refractivity contribution in [3.8, 4) is 5.75 Å². The molecule has 1 aliphatic rings. The highest BCUT2D eigenvalue weighted by Gasteiger charge is 2.36. The van der Waals surface area contributed by atoms with Gasteiger partial charge in [-0.3, -0.25) is 4.79 Å². The third-order valence-corrected chi connectivity index (χ3v) is 4.35. The predicted octanol–water partition coefficient (Wildman–Crippen LogP) is 4.83. The minimum absolute atomic E-state index is 0.0189. The van der Waals surface area contributed by atoms with Gasteiger partial charge in [-0.1, -0.05) is 17.7 Å². The molecule has 2 aromatic carbocycles. The Hall–Kier alpha value is -2.41. The first-order valence-electron chi connectivity index (χ1n) is 7.85. The summed E-state index contributed by atoms with van der Waals surface area (Å²) in [6.07, 6.45) is -4.66. The number of amides is 1. The highest BCUT2D eigenvalue weighted by atomic mass is 35.5. The second-order valence-electron chi connectivity index (χ2n) is 6.11. The highest BCUT2D eigenvalue weighted by Crippen LogP contribution is 2.37. The fraction of sp³-hybridized carbons (Fsp3) is 0.278. The summed E-state index contributed by atoms with van der Waals surface area (Å²) in [7, 11) is 1.87. The molecule has 2 aromatic rings. The number of rotatable bonds is 2. The van der Waals surface area contributed by atoms with Gasteiger partial charge < -0.3 is 15.0 Å². The van der Waals surface area contributed by atoms with Crippen LogP contribution in [0.1, 0.15) is 22.8 Å². The number of ether oxygens (including phenoxy) is 1. The van der Waals surface area contributed by atoms with E-state index in [1.807, 2.05) is 18.9 Å². The molecule has 3 rings (SSSR count). The van der Waals surface area contributed by atoms with Crippen LogP contribution in [0, 0.1) is 0 Å². The Morgan fingerprint density at radius 3 is 2.73 bits per heavy atom. The highest BCUT2D eigenvalue weighted by molar-refractivity contribution is 6.34. The largest absolute Gasteiger partial charge is 0.487 e. The van der Waals surface area contributed by atoms with Crippen molar-refractivity contribution in [2.75, 3.05) is 23.8 Å². The minimum Gasteiger partial charge on any atom is -0.487 e. The van der Waals surface area contributed by atoms with Crippen molar-refractivity contribution in [3.63, 3.8) is 0 Å². The molecule has 0 spiro atoms. The molecule has 0 aromatic heterocycles. The molecule has 4 nitrogen and oxygen atoms in total. The number of alkyl halides is 3. The summed E-state index contributed by atoms with van der Waals surface area (Å²) >= 11 is 5.86. The maximum Gasteiger partial charge on any atom is 0.417 e. The van der Waals surface area contributed by atoms with Crippen molar-refractivity contribution in [3.05, 3.63) is 52.5 Å². The van der Waals surface area contributed by atoms with Crippen LogP contribution < -0.4 is 15.0 Å². The van der Waals surface area contributed by atoms with Crippen LogP contribution in [-0.4, -0.2) is 25.6 Å². The van der Waals surface area contributed by atoms with Crippen molar-refractivity contribution in [2.24, 2.45) is 0 Å². The first-order valence-corrected chi connectivity index (χ1v) is 8.23. The van der Waals surface area contributed by atoms with Gasteiger partial charge in [0.1, 0.15) is 11.9 Å². The number of carbonyl (C=O) groups is 1. The lowest BCUT2D eigenvalue weighted by molar-refractivity contribution is -0.137. The van der Waals surface area contributed by atoms with Gasteiger partial charge in [0.25, 0.3) is 5.91 Å². The van der Waals surface area contributed by atoms with Crippen molar-refractivity contribution in [2.45, 2.75) is 19.2 Å². The van der Waals surface area contributed by atoms with E-state index in [0.29, 0.717) is 18.0 Å². The molecular formula is C18H16ClF3N2O2. The van der Waals surface area contributed by atoms with Gasteiger partial charge >= 0.3 is 6.18 Å². The van der Waals surface area contributed by atoms with Crippen LogP contribution >= 0.6 is 11.6 Å². The summed E-state index contributed by atoms with van der Waals surface area (Å²) in [4.78, 5) is 14.4. The monoisotopic (exact) mass is 384 g/mol. The van der Waals surface area contributed by atoms with Crippen LogP contribution in [0.25, 0.3) is 0 Å². The lowest BCUT2D eigenvalue weighted by atomic mass is 10.1. The number of benzene rings is 2. The second-order valence-corrected chi connectivity index (χ2v) is 6.51. The second kappa shape index (κ2) is 6.72. The summed E-state index contributed by atoms with van der Waals surface area (Å²) in [6.45, 7) is 2.60. The van der Waals surface area contributed by atoms with Gasteiger partial charge in [0.15, 0.2) is 0 Å². The Bertz CT molecular complexity index is 855. The van der Waals surface area contributed by atoms with Crippen LogP contribution in [0.4, 0.5) is 24.5 Å². The van der Waals surface area contributed by atoms with E-state index in [2.05, 4.69) is 5.32 Å². The number of anilines is 2. The van der Waals surface area contributed by atoms with E-state index < -0.39 is 23.2 Å². The van der Waals surface area contributed by atoms with Crippen LogP contribution in [-0.2, 0) is 6.18 Å². The van der Waals surface area contributed by atoms with Crippen LogP contribution in [0.15, 0.2) is 36.4 Å². The molecule has 0 fully saturated rings. The Labute approximate surface area is 153 Å². The summed E-state index contributed by atoms with van der Waals surface area (Å²) < 4.78 is 45.2. The molecular weight excluding hydrogens is 369 g/mol. The minimum atomic E-state index is -4.68. The van der Waals surface area contributed by atoms with Gasteiger partial charge in [-0.15, -0.1) is 0 Å². The van der Waals surface area contributed by atoms with E-state index in [4.69, 9.17) is 16.3 Å². The van der Waals surface area contributed by atoms with Gasteiger partial charge in [-0.25, -0.2) is 0 Å². The fourth-order valence-corrected chi connectivity index (χ4v) is 3.18. The van der Waals surface area contributed by atoms with E-state index in [9.17, 15) is 18.0 Å². The quantitative estimate of drug-likeness (QED) is 0.806. The zero-order valence-electron chi connectivity index (χ0n) is 14.0. The zero-order valence-corrected chi connectivity index (χ0v) is 14.8. The van der Waals surface area contributed by atoms with Gasteiger partial charge in [0, 0.05) is 12.7 Å². The zero-order chi connectivity index (χ0) is 19.1. The number of halogens is 4. The molecule has 0 saturated heterocycles. The maximum absolute atomic E-state index is 13.2. The molecule has 0 aliphatic carbocycles. The molecule has 0 saturated carbocycles. The van der Waals surface area contributed by atoms with E-state index in [0.717, 1.165) is 17.8 Å². The number of nitrogens with zero attached hydrogens (tertiary/aromatic N) is 1. The summed E-state index contributed by atoms with van der Waals surface area (Å²) in [5.41, 5.74) is -0.574. The first kappa shape index (κ1) is 18.4. The lowest BCUT2D eigenvalue weighted by Crippen LogP contribution is -2.35. The fourth-order valence-electron chi connectivity index (χ4n) is 2.92. The number of hydrogen-bond donors (Lipinski definition) is 1. The van der Waals surface area contributed by atoms with Gasteiger partial charge in [-0.2, -0.15) is 13.2 Å². The SMILES string of the molecule is C[C@H]1CN(C)c2cc(NC(=O)c3c(Cl)cccc3C(F)(F)F)ccc2O1. The van der Waals surface area contributed by atoms with Gasteiger partial charge in [0.2, 0.25) is 0 Å². The molecule has 26 heavy (non-hydrogen) atoms. The van der Waals surface area contributed by atoms with Gasteiger partial charge in [-0.05, 0) is 37.3 Å². The average molecular weight is 385 g/mol. The summed E-state index contributed by atoms with van der Waals surface area (Å²) in [6, 6.07) is 8.15. The summed E-state index contributed by atoms with van der Waals surface area (Å²) in [5.74, 6) is -0.270. The Kier molecular flexibility index (Phi) is 4.75. The molecule has 0 unspecified atom stereocenters. The lowest BCUT2D eigenvalue weighted by Gasteiger charge is -2.32. The van der Waals surface area contributed by atoms with Crippen LogP contribution in [0.3, 0.4) is 0 Å². The normalized spacial score (nSPS) is 16.7. The average Bonchev–Trinajstić information content (AvgIpc) is 2.54. The molecule has 1 aliphatic heterocycles. The van der Waals surface area contributed by atoms with Crippen LogP contribution in [0.5, 0.6) is 5.75 Å². The third kappa shape index (κ3) is 3.58. The molecule has 0 bridgehead atoms. The Morgan fingerprint density at radius 1 is 1.31 bits per heavy atom. The Morgan fingerprint density at radius 2 is 2.04 bits per heavy atom. The molecule has 8 heteroatoms. The first-order chi connectivity index (χ1) is 12.2. The molecule has 1 heterocycles. The maximum atomic E-state index is 13.2. The van der Waals surface area contributed by atoms with Crippen molar-refractivity contribution in [1.82, 2.24) is 0 Å². The van der Waals surface area contributed by atoms with Crippen molar-refractivity contribution >= 4 is 28.9 Å². The van der Waals surface area contributed by atoms with Crippen molar-refractivity contribution < 1.29 is 22.7 Å². The van der Waals surface area contributed by atoms with E-state index in [-0.39, 0.29) is 11.1 Å². The Balaban J connectivity index is 1.92. The molecule has 1 amide bonds. The predicted molar refractivity (Wildman–Crippen MR) is 94.2 cm³/mol. The number of likely N-dealkylation sites (N-methyl/N-ethyl adjacent to an activating group) is 1.